The number of aromatic nitrogens is 2. The van der Waals surface area contributed by atoms with Gasteiger partial charge in [-0.15, -0.1) is 0 Å². The maximum atomic E-state index is 11.5. The molecule has 0 atom stereocenters. The molecule has 3 nitrogen and oxygen atoms in total. The van der Waals surface area contributed by atoms with E-state index < -0.39 is 0 Å². The van der Waals surface area contributed by atoms with Gasteiger partial charge in [0.05, 0.1) is 22.7 Å². The maximum Gasteiger partial charge on any atom is 0.173 e. The first-order valence-corrected chi connectivity index (χ1v) is 6.42. The largest absolute Gasteiger partial charge is 0.331 e. The lowest BCUT2D eigenvalue weighted by atomic mass is 10.1. The van der Waals surface area contributed by atoms with E-state index >= 15 is 0 Å². The van der Waals surface area contributed by atoms with Crippen molar-refractivity contribution in [2.75, 3.05) is 5.33 Å². The van der Waals surface area contributed by atoms with E-state index in [9.17, 15) is 4.79 Å². The van der Waals surface area contributed by atoms with Crippen LogP contribution in [-0.4, -0.2) is 20.7 Å². The predicted molar refractivity (Wildman–Crippen MR) is 68.1 cm³/mol. The lowest BCUT2D eigenvalue weighted by Crippen LogP contribution is -2.00. The number of alkyl halides is 1. The minimum absolute atomic E-state index is 0.0898. The van der Waals surface area contributed by atoms with Crippen LogP contribution >= 0.6 is 15.9 Å². The standard InChI is InChI=1S/C12H13BrN2O/c1-2-5-15-8-14-10-6-9(12(16)7-13)3-4-11(10)15/h3-4,6,8H,2,5,7H2,1H3. The summed E-state index contributed by atoms with van der Waals surface area (Å²) in [4.78, 5) is 15.8. The van der Waals surface area contributed by atoms with Gasteiger partial charge in [0.1, 0.15) is 0 Å². The van der Waals surface area contributed by atoms with Crippen LogP contribution in [0.1, 0.15) is 23.7 Å². The Bertz CT molecular complexity index is 519. The van der Waals surface area contributed by atoms with Crippen LogP contribution in [0.25, 0.3) is 11.0 Å². The average Bonchev–Trinajstić information content (AvgIpc) is 2.71. The number of ketones is 1. The molecule has 0 bridgehead atoms. The highest BCUT2D eigenvalue weighted by Crippen LogP contribution is 2.16. The molecule has 84 valence electrons. The lowest BCUT2D eigenvalue weighted by Gasteiger charge is -2.01. The maximum absolute atomic E-state index is 11.5. The highest BCUT2D eigenvalue weighted by molar-refractivity contribution is 9.09. The summed E-state index contributed by atoms with van der Waals surface area (Å²) in [5.74, 6) is 0.0898. The summed E-state index contributed by atoms with van der Waals surface area (Å²) in [6.07, 6.45) is 2.91. The molecule has 0 aliphatic rings. The van der Waals surface area contributed by atoms with Crippen molar-refractivity contribution in [2.24, 2.45) is 0 Å². The molecule has 0 amide bonds. The zero-order valence-electron chi connectivity index (χ0n) is 9.11. The van der Waals surface area contributed by atoms with Gasteiger partial charge in [-0.05, 0) is 24.6 Å². The summed E-state index contributed by atoms with van der Waals surface area (Å²) < 4.78 is 2.11. The Labute approximate surface area is 103 Å². The summed E-state index contributed by atoms with van der Waals surface area (Å²) in [5.41, 5.74) is 2.69. The molecule has 4 heteroatoms. The molecule has 0 aliphatic carbocycles. The van der Waals surface area contributed by atoms with Gasteiger partial charge in [-0.1, -0.05) is 22.9 Å². The molecule has 1 aromatic carbocycles. The fourth-order valence-electron chi connectivity index (χ4n) is 1.73. The number of hydrogen-bond acceptors (Lipinski definition) is 2. The molecule has 0 fully saturated rings. The SMILES string of the molecule is CCCn1cnc2cc(C(=O)CBr)ccc21. The van der Waals surface area contributed by atoms with E-state index in [1.807, 2.05) is 24.5 Å². The van der Waals surface area contributed by atoms with Crippen LogP contribution in [0, 0.1) is 0 Å². The van der Waals surface area contributed by atoms with Gasteiger partial charge in [-0.2, -0.15) is 0 Å². The molecule has 0 aliphatic heterocycles. The minimum atomic E-state index is 0.0898. The number of fused-ring (bicyclic) bond motifs is 1. The van der Waals surface area contributed by atoms with Crippen molar-refractivity contribution in [1.82, 2.24) is 9.55 Å². The zero-order valence-corrected chi connectivity index (χ0v) is 10.7. The minimum Gasteiger partial charge on any atom is -0.331 e. The Kier molecular flexibility index (Phi) is 3.39. The predicted octanol–water partition coefficient (Wildman–Crippen LogP) is 3.02. The van der Waals surface area contributed by atoms with Crippen LogP contribution < -0.4 is 0 Å². The third kappa shape index (κ3) is 2.02. The molecule has 16 heavy (non-hydrogen) atoms. The fraction of sp³-hybridized carbons (Fsp3) is 0.333. The molecule has 0 unspecified atom stereocenters. The highest BCUT2D eigenvalue weighted by atomic mass is 79.9. The van der Waals surface area contributed by atoms with E-state index in [0.29, 0.717) is 10.9 Å². The van der Waals surface area contributed by atoms with Gasteiger partial charge in [0.25, 0.3) is 0 Å². The van der Waals surface area contributed by atoms with Crippen LogP contribution in [0.4, 0.5) is 0 Å². The van der Waals surface area contributed by atoms with E-state index in [1.165, 1.54) is 0 Å². The third-order valence-corrected chi connectivity index (χ3v) is 3.04. The molecule has 0 spiro atoms. The topological polar surface area (TPSA) is 34.9 Å². The van der Waals surface area contributed by atoms with Gasteiger partial charge in [0.2, 0.25) is 0 Å². The number of Topliss-reactive ketones (excluding diaryl/α,β-unsaturated/α-hetero) is 1. The fourth-order valence-corrected chi connectivity index (χ4v) is 2.06. The van der Waals surface area contributed by atoms with Crippen molar-refractivity contribution in [3.63, 3.8) is 0 Å². The molecular weight excluding hydrogens is 268 g/mol. The second-order valence-corrected chi connectivity index (χ2v) is 4.26. The first-order valence-electron chi connectivity index (χ1n) is 5.30. The van der Waals surface area contributed by atoms with E-state index in [-0.39, 0.29) is 5.78 Å². The first kappa shape index (κ1) is 11.3. The quantitative estimate of drug-likeness (QED) is 0.637. The van der Waals surface area contributed by atoms with Crippen molar-refractivity contribution in [1.29, 1.82) is 0 Å². The molecule has 0 N–H and O–H groups in total. The molecule has 2 rings (SSSR count). The third-order valence-electron chi connectivity index (χ3n) is 2.53. The molecule has 1 heterocycles. The van der Waals surface area contributed by atoms with Gasteiger partial charge in [0, 0.05) is 12.1 Å². The number of nitrogens with zero attached hydrogens (tertiary/aromatic N) is 2. The number of aryl methyl sites for hydroxylation is 1. The Morgan fingerprint density at radius 2 is 2.31 bits per heavy atom. The Hall–Kier alpha value is -1.16. The van der Waals surface area contributed by atoms with Crippen LogP contribution in [-0.2, 0) is 6.54 Å². The van der Waals surface area contributed by atoms with Crippen LogP contribution in [0.3, 0.4) is 0 Å². The van der Waals surface area contributed by atoms with Crippen molar-refractivity contribution in [3.05, 3.63) is 30.1 Å². The summed E-state index contributed by atoms with van der Waals surface area (Å²) in [6, 6.07) is 5.68. The van der Waals surface area contributed by atoms with Crippen LogP contribution in [0.15, 0.2) is 24.5 Å². The van der Waals surface area contributed by atoms with E-state index in [2.05, 4.69) is 32.4 Å². The van der Waals surface area contributed by atoms with Crippen molar-refractivity contribution in [3.8, 4) is 0 Å². The number of rotatable bonds is 4. The smallest absolute Gasteiger partial charge is 0.173 e. The lowest BCUT2D eigenvalue weighted by molar-refractivity contribution is 0.102. The number of carbonyl (C=O) groups is 1. The molecule has 0 saturated carbocycles. The van der Waals surface area contributed by atoms with E-state index in [0.717, 1.165) is 24.0 Å². The van der Waals surface area contributed by atoms with Crippen LogP contribution in [0.2, 0.25) is 0 Å². The summed E-state index contributed by atoms with van der Waals surface area (Å²) in [5, 5.41) is 0.355. The number of hydrogen-bond donors (Lipinski definition) is 0. The van der Waals surface area contributed by atoms with Crippen LogP contribution in [0.5, 0.6) is 0 Å². The Morgan fingerprint density at radius 1 is 1.50 bits per heavy atom. The molecule has 0 radical (unpaired) electrons. The molecule has 1 aromatic heterocycles. The normalized spacial score (nSPS) is 10.9. The second kappa shape index (κ2) is 4.78. The van der Waals surface area contributed by atoms with Gasteiger partial charge in [-0.25, -0.2) is 4.98 Å². The molecule has 2 aromatic rings. The van der Waals surface area contributed by atoms with Gasteiger partial charge >= 0.3 is 0 Å². The monoisotopic (exact) mass is 280 g/mol. The second-order valence-electron chi connectivity index (χ2n) is 3.70. The average molecular weight is 281 g/mol. The molecular formula is C12H13BrN2O. The van der Waals surface area contributed by atoms with E-state index in [1.54, 1.807) is 0 Å². The number of imidazole rings is 1. The number of carbonyl (C=O) groups excluding carboxylic acids is 1. The Balaban J connectivity index is 2.44. The number of benzene rings is 1. The van der Waals surface area contributed by atoms with Crippen molar-refractivity contribution >= 4 is 32.7 Å². The first-order chi connectivity index (χ1) is 7.76. The number of halogens is 1. The highest BCUT2D eigenvalue weighted by Gasteiger charge is 2.07. The van der Waals surface area contributed by atoms with Gasteiger partial charge in [-0.3, -0.25) is 4.79 Å². The van der Waals surface area contributed by atoms with Crippen molar-refractivity contribution in [2.45, 2.75) is 19.9 Å². The summed E-state index contributed by atoms with van der Waals surface area (Å²) >= 11 is 3.17. The van der Waals surface area contributed by atoms with Gasteiger partial charge in [0.15, 0.2) is 5.78 Å². The van der Waals surface area contributed by atoms with E-state index in [4.69, 9.17) is 0 Å². The van der Waals surface area contributed by atoms with Gasteiger partial charge < -0.3 is 4.57 Å². The van der Waals surface area contributed by atoms with Crippen molar-refractivity contribution < 1.29 is 4.79 Å². The molecule has 0 saturated heterocycles. The summed E-state index contributed by atoms with van der Waals surface area (Å²) in [6.45, 7) is 3.09. The summed E-state index contributed by atoms with van der Waals surface area (Å²) in [7, 11) is 0. The zero-order chi connectivity index (χ0) is 11.5. The Morgan fingerprint density at radius 3 is 3.00 bits per heavy atom.